The average Bonchev–Trinajstić information content (AvgIpc) is 2.17. The zero-order valence-electron chi connectivity index (χ0n) is 8.64. The van der Waals surface area contributed by atoms with Crippen LogP contribution < -0.4 is 0 Å². The summed E-state index contributed by atoms with van der Waals surface area (Å²) in [5.41, 5.74) is 1.23. The summed E-state index contributed by atoms with van der Waals surface area (Å²) in [6.45, 7) is 4.23. The highest BCUT2D eigenvalue weighted by molar-refractivity contribution is 8.01. The van der Waals surface area contributed by atoms with Gasteiger partial charge in [0.2, 0.25) is 0 Å². The van der Waals surface area contributed by atoms with E-state index in [1.54, 1.807) is 11.8 Å². The molecule has 0 aromatic heterocycles. The predicted octanol–water partition coefficient (Wildman–Crippen LogP) is 2.94. The lowest BCUT2D eigenvalue weighted by molar-refractivity contribution is -0.107. The summed E-state index contributed by atoms with van der Waals surface area (Å²) in [5.74, 6) is 0. The van der Waals surface area contributed by atoms with Crippen molar-refractivity contribution in [3.8, 4) is 0 Å². The fourth-order valence-corrected chi connectivity index (χ4v) is 2.38. The number of aldehydes is 1. The van der Waals surface area contributed by atoms with Gasteiger partial charge in [-0.15, -0.1) is 11.8 Å². The molecule has 0 saturated heterocycles. The van der Waals surface area contributed by atoms with Gasteiger partial charge in [0, 0.05) is 0 Å². The normalized spacial score (nSPS) is 12.8. The van der Waals surface area contributed by atoms with Crippen LogP contribution in [0.3, 0.4) is 0 Å². The molecular weight excluding hydrogens is 192 g/mol. The number of carbonyl (C=O) groups excluding carboxylic acids is 1. The molecule has 1 atom stereocenters. The number of hydrogen-bond donors (Lipinski definition) is 0. The van der Waals surface area contributed by atoms with Gasteiger partial charge in [-0.05, 0) is 17.2 Å². The molecule has 76 valence electrons. The van der Waals surface area contributed by atoms with Gasteiger partial charge in [-0.1, -0.05) is 44.2 Å². The number of rotatable bonds is 5. The first-order valence-corrected chi connectivity index (χ1v) is 5.81. The zero-order valence-corrected chi connectivity index (χ0v) is 9.46. The molecule has 1 aromatic carbocycles. The van der Waals surface area contributed by atoms with E-state index in [0.717, 1.165) is 12.7 Å². The molecule has 0 aliphatic heterocycles. The van der Waals surface area contributed by atoms with E-state index in [1.807, 2.05) is 18.2 Å². The lowest BCUT2D eigenvalue weighted by Gasteiger charge is -2.12. The Morgan fingerprint density at radius 2 is 1.93 bits per heavy atom. The molecule has 14 heavy (non-hydrogen) atoms. The third-order valence-corrected chi connectivity index (χ3v) is 3.05. The molecule has 0 heterocycles. The second kappa shape index (κ2) is 5.86. The van der Waals surface area contributed by atoms with Crippen molar-refractivity contribution in [1.29, 1.82) is 0 Å². The van der Waals surface area contributed by atoms with Gasteiger partial charge < -0.3 is 4.79 Å². The van der Waals surface area contributed by atoms with E-state index in [4.69, 9.17) is 0 Å². The number of carbonyl (C=O) groups is 1. The van der Waals surface area contributed by atoms with Gasteiger partial charge in [-0.2, -0.15) is 0 Å². The molecule has 2 heteroatoms. The minimum absolute atomic E-state index is 0.0948. The van der Waals surface area contributed by atoms with E-state index < -0.39 is 0 Å². The Bertz CT molecular complexity index is 269. The van der Waals surface area contributed by atoms with Crippen molar-refractivity contribution < 1.29 is 4.79 Å². The standard InChI is InChI=1S/C12H16OS/c1-10(2)14-12(9-13)8-11-6-4-3-5-7-11/h3-7,9-10,12H,8H2,1-2H3/t12-/m0/s1. The minimum atomic E-state index is 0.0948. The maximum Gasteiger partial charge on any atom is 0.133 e. The van der Waals surface area contributed by atoms with Crippen molar-refractivity contribution in [2.45, 2.75) is 30.8 Å². The van der Waals surface area contributed by atoms with Crippen molar-refractivity contribution in [3.63, 3.8) is 0 Å². The fraction of sp³-hybridized carbons (Fsp3) is 0.417. The Morgan fingerprint density at radius 3 is 2.43 bits per heavy atom. The Labute approximate surface area is 89.9 Å². The smallest absolute Gasteiger partial charge is 0.133 e. The van der Waals surface area contributed by atoms with Gasteiger partial charge in [0.15, 0.2) is 0 Å². The second-order valence-corrected chi connectivity index (χ2v) is 5.37. The Kier molecular flexibility index (Phi) is 4.74. The van der Waals surface area contributed by atoms with Crippen LogP contribution in [-0.4, -0.2) is 16.8 Å². The van der Waals surface area contributed by atoms with Crippen molar-refractivity contribution in [1.82, 2.24) is 0 Å². The summed E-state index contributed by atoms with van der Waals surface area (Å²) in [6.07, 6.45) is 1.89. The van der Waals surface area contributed by atoms with Crippen LogP contribution in [0, 0.1) is 0 Å². The van der Waals surface area contributed by atoms with Gasteiger partial charge >= 0.3 is 0 Å². The van der Waals surface area contributed by atoms with Crippen molar-refractivity contribution in [3.05, 3.63) is 35.9 Å². The molecule has 0 aliphatic carbocycles. The largest absolute Gasteiger partial charge is 0.302 e. The highest BCUT2D eigenvalue weighted by Gasteiger charge is 2.10. The number of hydrogen-bond acceptors (Lipinski definition) is 2. The molecule has 1 aromatic rings. The van der Waals surface area contributed by atoms with Crippen LogP contribution in [0.2, 0.25) is 0 Å². The second-order valence-electron chi connectivity index (χ2n) is 3.55. The van der Waals surface area contributed by atoms with Crippen molar-refractivity contribution in [2.75, 3.05) is 0 Å². The van der Waals surface area contributed by atoms with Gasteiger partial charge in [0.1, 0.15) is 6.29 Å². The molecule has 0 spiro atoms. The van der Waals surface area contributed by atoms with Crippen LogP contribution in [0.5, 0.6) is 0 Å². The van der Waals surface area contributed by atoms with Crippen molar-refractivity contribution >= 4 is 18.0 Å². The molecule has 0 bridgehead atoms. The maximum absolute atomic E-state index is 10.8. The monoisotopic (exact) mass is 208 g/mol. The van der Waals surface area contributed by atoms with E-state index in [0.29, 0.717) is 5.25 Å². The van der Waals surface area contributed by atoms with Gasteiger partial charge in [-0.25, -0.2) is 0 Å². The lowest BCUT2D eigenvalue weighted by Crippen LogP contribution is -2.11. The van der Waals surface area contributed by atoms with Crippen LogP contribution in [-0.2, 0) is 11.2 Å². The van der Waals surface area contributed by atoms with E-state index in [2.05, 4.69) is 26.0 Å². The van der Waals surface area contributed by atoms with E-state index in [-0.39, 0.29) is 5.25 Å². The van der Waals surface area contributed by atoms with Gasteiger partial charge in [-0.3, -0.25) is 0 Å². The summed E-state index contributed by atoms with van der Waals surface area (Å²) in [5, 5.41) is 0.603. The average molecular weight is 208 g/mol. The Hall–Kier alpha value is -0.760. The summed E-state index contributed by atoms with van der Waals surface area (Å²) in [4.78, 5) is 10.8. The highest BCUT2D eigenvalue weighted by atomic mass is 32.2. The molecule has 1 rings (SSSR count). The molecule has 0 N–H and O–H groups in total. The zero-order chi connectivity index (χ0) is 10.4. The lowest BCUT2D eigenvalue weighted by atomic mass is 10.1. The van der Waals surface area contributed by atoms with Gasteiger partial charge in [0.05, 0.1) is 5.25 Å². The maximum atomic E-state index is 10.8. The molecule has 0 saturated carbocycles. The summed E-state index contributed by atoms with van der Waals surface area (Å²) >= 11 is 1.73. The first kappa shape index (κ1) is 11.3. The van der Waals surface area contributed by atoms with E-state index in [9.17, 15) is 4.79 Å². The van der Waals surface area contributed by atoms with E-state index in [1.165, 1.54) is 5.56 Å². The molecule has 1 nitrogen and oxygen atoms in total. The summed E-state index contributed by atoms with van der Waals surface area (Å²) in [6, 6.07) is 10.2. The third-order valence-electron chi connectivity index (χ3n) is 1.88. The fourth-order valence-electron chi connectivity index (χ4n) is 1.32. The minimum Gasteiger partial charge on any atom is -0.302 e. The molecule has 0 fully saturated rings. The summed E-state index contributed by atoms with van der Waals surface area (Å²) in [7, 11) is 0. The highest BCUT2D eigenvalue weighted by Crippen LogP contribution is 2.19. The van der Waals surface area contributed by atoms with E-state index >= 15 is 0 Å². The molecule has 0 amide bonds. The number of benzene rings is 1. The molecule has 0 aliphatic rings. The Morgan fingerprint density at radius 1 is 1.29 bits per heavy atom. The summed E-state index contributed by atoms with van der Waals surface area (Å²) < 4.78 is 0. The molecular formula is C12H16OS. The van der Waals surface area contributed by atoms with Crippen molar-refractivity contribution in [2.24, 2.45) is 0 Å². The first-order chi connectivity index (χ1) is 6.72. The van der Waals surface area contributed by atoms with Crippen LogP contribution >= 0.6 is 11.8 Å². The van der Waals surface area contributed by atoms with Crippen LogP contribution in [0.15, 0.2) is 30.3 Å². The molecule has 0 radical (unpaired) electrons. The molecule has 0 unspecified atom stereocenters. The number of thioether (sulfide) groups is 1. The van der Waals surface area contributed by atoms with Crippen LogP contribution in [0.4, 0.5) is 0 Å². The first-order valence-electron chi connectivity index (χ1n) is 4.87. The van der Waals surface area contributed by atoms with Gasteiger partial charge in [0.25, 0.3) is 0 Å². The van der Waals surface area contributed by atoms with Crippen LogP contribution in [0.25, 0.3) is 0 Å². The third kappa shape index (κ3) is 3.97. The van der Waals surface area contributed by atoms with Crippen LogP contribution in [0.1, 0.15) is 19.4 Å². The quantitative estimate of drug-likeness (QED) is 0.692. The topological polar surface area (TPSA) is 17.1 Å². The SMILES string of the molecule is CC(C)S[C@H](C=O)Cc1ccccc1. The predicted molar refractivity (Wildman–Crippen MR) is 62.7 cm³/mol. The Balaban J connectivity index is 2.53.